The number of hydrogen-bond donors (Lipinski definition) is 0. The Morgan fingerprint density at radius 2 is 1.55 bits per heavy atom. The Labute approximate surface area is 123 Å². The van der Waals surface area contributed by atoms with Crippen molar-refractivity contribution in [3.63, 3.8) is 0 Å². The van der Waals surface area contributed by atoms with Crippen molar-refractivity contribution in [1.29, 1.82) is 0 Å². The molecular formula is C16H30O4. The average Bonchev–Trinajstić information content (AvgIpc) is 2.45. The third kappa shape index (κ3) is 9.82. The normalized spacial score (nSPS) is 11.9. The van der Waals surface area contributed by atoms with E-state index in [2.05, 4.69) is 11.7 Å². The summed E-state index contributed by atoms with van der Waals surface area (Å²) < 4.78 is 9.65. The Hall–Kier alpha value is -1.06. The molecule has 0 amide bonds. The van der Waals surface area contributed by atoms with Gasteiger partial charge in [0.25, 0.3) is 0 Å². The summed E-state index contributed by atoms with van der Waals surface area (Å²) in [6.45, 7) is 4.34. The highest BCUT2D eigenvalue weighted by Crippen LogP contribution is 2.17. The molecule has 0 saturated carbocycles. The van der Waals surface area contributed by atoms with Gasteiger partial charge in [-0.3, -0.25) is 9.59 Å². The zero-order valence-corrected chi connectivity index (χ0v) is 13.3. The van der Waals surface area contributed by atoms with Crippen LogP contribution < -0.4 is 0 Å². The van der Waals surface area contributed by atoms with Gasteiger partial charge in [0.1, 0.15) is 0 Å². The first-order valence-corrected chi connectivity index (χ1v) is 7.89. The monoisotopic (exact) mass is 286 g/mol. The molecule has 1 unspecified atom stereocenters. The van der Waals surface area contributed by atoms with Crippen LogP contribution in [0.15, 0.2) is 0 Å². The first-order chi connectivity index (χ1) is 9.65. The molecule has 0 fully saturated rings. The van der Waals surface area contributed by atoms with Crippen LogP contribution in [0.4, 0.5) is 0 Å². The highest BCUT2D eigenvalue weighted by atomic mass is 16.5. The van der Waals surface area contributed by atoms with E-state index in [9.17, 15) is 9.59 Å². The van der Waals surface area contributed by atoms with Gasteiger partial charge in [-0.25, -0.2) is 0 Å². The SMILES string of the molecule is CCCCCCCCCC(CC(=O)OC)C(=O)OCC. The number of unbranched alkanes of at least 4 members (excludes halogenated alkanes) is 6. The fourth-order valence-corrected chi connectivity index (χ4v) is 2.20. The third-order valence-corrected chi connectivity index (χ3v) is 3.42. The summed E-state index contributed by atoms with van der Waals surface area (Å²) in [5, 5.41) is 0. The van der Waals surface area contributed by atoms with E-state index in [1.807, 2.05) is 0 Å². The summed E-state index contributed by atoms with van der Waals surface area (Å²) in [5.74, 6) is -0.965. The second kappa shape index (κ2) is 12.9. The first-order valence-electron chi connectivity index (χ1n) is 7.89. The molecule has 0 aromatic carbocycles. The van der Waals surface area contributed by atoms with E-state index >= 15 is 0 Å². The summed E-state index contributed by atoms with van der Waals surface area (Å²) in [7, 11) is 1.35. The maximum absolute atomic E-state index is 11.8. The van der Waals surface area contributed by atoms with Crippen molar-refractivity contribution in [2.75, 3.05) is 13.7 Å². The number of carbonyl (C=O) groups excluding carboxylic acids is 2. The zero-order chi connectivity index (χ0) is 15.2. The Kier molecular flexibility index (Phi) is 12.3. The summed E-state index contributed by atoms with van der Waals surface area (Å²) in [4.78, 5) is 23.1. The van der Waals surface area contributed by atoms with Gasteiger partial charge in [0.05, 0.1) is 26.1 Å². The zero-order valence-electron chi connectivity index (χ0n) is 13.3. The Balaban J connectivity index is 3.91. The molecule has 0 aromatic rings. The number of carbonyl (C=O) groups is 2. The summed E-state index contributed by atoms with van der Waals surface area (Å²) in [6.07, 6.45) is 9.22. The smallest absolute Gasteiger partial charge is 0.309 e. The minimum absolute atomic E-state index is 0.130. The molecule has 0 rings (SSSR count). The predicted octanol–water partition coefficient (Wildman–Crippen LogP) is 3.87. The van der Waals surface area contributed by atoms with Crippen LogP contribution >= 0.6 is 0 Å². The molecule has 4 heteroatoms. The van der Waals surface area contributed by atoms with Crippen LogP contribution in [0, 0.1) is 5.92 Å². The lowest BCUT2D eigenvalue weighted by molar-refractivity contribution is -0.154. The first kappa shape index (κ1) is 18.9. The van der Waals surface area contributed by atoms with E-state index in [1.165, 1.54) is 39.2 Å². The topological polar surface area (TPSA) is 52.6 Å². The van der Waals surface area contributed by atoms with Crippen LogP contribution in [-0.4, -0.2) is 25.7 Å². The molecule has 0 heterocycles. The lowest BCUT2D eigenvalue weighted by Gasteiger charge is -2.14. The Morgan fingerprint density at radius 1 is 0.950 bits per heavy atom. The molecule has 4 nitrogen and oxygen atoms in total. The molecule has 118 valence electrons. The average molecular weight is 286 g/mol. The number of methoxy groups -OCH3 is 1. The minimum atomic E-state index is -0.349. The van der Waals surface area contributed by atoms with Crippen LogP contribution in [0.25, 0.3) is 0 Å². The maximum Gasteiger partial charge on any atom is 0.309 e. The molecule has 0 aliphatic heterocycles. The fraction of sp³-hybridized carbons (Fsp3) is 0.875. The van der Waals surface area contributed by atoms with Gasteiger partial charge in [0.2, 0.25) is 0 Å². The number of rotatable bonds is 12. The van der Waals surface area contributed by atoms with Crippen molar-refractivity contribution in [3.8, 4) is 0 Å². The quantitative estimate of drug-likeness (QED) is 0.404. The molecule has 0 aliphatic rings. The van der Waals surface area contributed by atoms with Gasteiger partial charge >= 0.3 is 11.9 Å². The van der Waals surface area contributed by atoms with E-state index in [1.54, 1.807) is 6.92 Å². The Morgan fingerprint density at radius 3 is 2.10 bits per heavy atom. The maximum atomic E-state index is 11.8. The molecule has 0 radical (unpaired) electrons. The van der Waals surface area contributed by atoms with Crippen molar-refractivity contribution in [1.82, 2.24) is 0 Å². The standard InChI is InChI=1S/C16H30O4/c1-4-6-7-8-9-10-11-12-14(13-15(17)19-3)16(18)20-5-2/h14H,4-13H2,1-3H3. The highest BCUT2D eigenvalue weighted by molar-refractivity contribution is 5.79. The molecule has 0 aliphatic carbocycles. The molecule has 20 heavy (non-hydrogen) atoms. The van der Waals surface area contributed by atoms with Gasteiger partial charge < -0.3 is 9.47 Å². The van der Waals surface area contributed by atoms with E-state index < -0.39 is 0 Å². The summed E-state index contributed by atoms with van der Waals surface area (Å²) in [6, 6.07) is 0. The molecule has 0 saturated heterocycles. The lowest BCUT2D eigenvalue weighted by Crippen LogP contribution is -2.21. The van der Waals surface area contributed by atoms with Gasteiger partial charge in [-0.05, 0) is 13.3 Å². The van der Waals surface area contributed by atoms with Crippen molar-refractivity contribution in [3.05, 3.63) is 0 Å². The second-order valence-electron chi connectivity index (χ2n) is 5.14. The van der Waals surface area contributed by atoms with Crippen LogP contribution in [0.2, 0.25) is 0 Å². The predicted molar refractivity (Wildman–Crippen MR) is 79.4 cm³/mol. The van der Waals surface area contributed by atoms with Crippen molar-refractivity contribution >= 4 is 11.9 Å². The van der Waals surface area contributed by atoms with Crippen LogP contribution in [0.5, 0.6) is 0 Å². The molecule has 0 N–H and O–H groups in total. The van der Waals surface area contributed by atoms with E-state index in [4.69, 9.17) is 4.74 Å². The Bertz CT molecular complexity index is 263. The fourth-order valence-electron chi connectivity index (χ4n) is 2.20. The van der Waals surface area contributed by atoms with Gasteiger partial charge in [-0.2, -0.15) is 0 Å². The third-order valence-electron chi connectivity index (χ3n) is 3.42. The van der Waals surface area contributed by atoms with Crippen molar-refractivity contribution in [2.24, 2.45) is 5.92 Å². The minimum Gasteiger partial charge on any atom is -0.469 e. The summed E-state index contributed by atoms with van der Waals surface area (Å²) >= 11 is 0. The van der Waals surface area contributed by atoms with Gasteiger partial charge in [-0.15, -0.1) is 0 Å². The molecular weight excluding hydrogens is 256 g/mol. The van der Waals surface area contributed by atoms with E-state index in [0.717, 1.165) is 12.8 Å². The second-order valence-corrected chi connectivity index (χ2v) is 5.14. The van der Waals surface area contributed by atoms with Crippen molar-refractivity contribution < 1.29 is 19.1 Å². The number of ether oxygens (including phenoxy) is 2. The number of hydrogen-bond acceptors (Lipinski definition) is 4. The number of esters is 2. The van der Waals surface area contributed by atoms with Gasteiger partial charge in [0, 0.05) is 0 Å². The van der Waals surface area contributed by atoms with Crippen LogP contribution in [0.3, 0.4) is 0 Å². The molecule has 0 aromatic heterocycles. The van der Waals surface area contributed by atoms with Crippen LogP contribution in [-0.2, 0) is 19.1 Å². The lowest BCUT2D eigenvalue weighted by atomic mass is 9.97. The molecule has 1 atom stereocenters. The largest absolute Gasteiger partial charge is 0.469 e. The van der Waals surface area contributed by atoms with Crippen LogP contribution in [0.1, 0.15) is 71.6 Å². The molecule has 0 spiro atoms. The van der Waals surface area contributed by atoms with Crippen molar-refractivity contribution in [2.45, 2.75) is 71.6 Å². The van der Waals surface area contributed by atoms with Gasteiger partial charge in [0.15, 0.2) is 0 Å². The van der Waals surface area contributed by atoms with E-state index in [0.29, 0.717) is 13.0 Å². The summed E-state index contributed by atoms with van der Waals surface area (Å²) in [5.41, 5.74) is 0. The van der Waals surface area contributed by atoms with E-state index in [-0.39, 0.29) is 24.3 Å². The van der Waals surface area contributed by atoms with Gasteiger partial charge in [-0.1, -0.05) is 51.9 Å². The molecule has 0 bridgehead atoms. The highest BCUT2D eigenvalue weighted by Gasteiger charge is 2.23.